The van der Waals surface area contributed by atoms with Crippen LogP contribution in [0.3, 0.4) is 0 Å². The van der Waals surface area contributed by atoms with Gasteiger partial charge in [0.1, 0.15) is 11.5 Å². The number of carbonyl (C=O) groups excluding carboxylic acids is 1. The molecule has 2 aromatic rings. The third-order valence-corrected chi connectivity index (χ3v) is 3.43. The standard InChI is InChI=1S/C16H15N5O2/c17-9-12-2-1-3-13(8-12)20-15-11-18-14(10-19-15)16(22)21-4-6-23-7-5-21/h1-3,8,10-11H,4-7H2,(H,19,20). The van der Waals surface area contributed by atoms with E-state index in [-0.39, 0.29) is 5.91 Å². The molecule has 1 amide bonds. The number of nitriles is 1. The predicted molar refractivity (Wildman–Crippen MR) is 83.2 cm³/mol. The number of nitrogens with one attached hydrogen (secondary N) is 1. The Labute approximate surface area is 133 Å². The number of aromatic nitrogens is 2. The number of nitrogens with zero attached hydrogens (tertiary/aromatic N) is 4. The first-order valence-electron chi connectivity index (χ1n) is 7.22. The van der Waals surface area contributed by atoms with E-state index in [1.165, 1.54) is 12.4 Å². The van der Waals surface area contributed by atoms with Gasteiger partial charge in [0.2, 0.25) is 0 Å². The lowest BCUT2D eigenvalue weighted by molar-refractivity contribution is 0.0298. The van der Waals surface area contributed by atoms with Crippen LogP contribution in [-0.2, 0) is 4.74 Å². The van der Waals surface area contributed by atoms with Crippen molar-refractivity contribution >= 4 is 17.4 Å². The largest absolute Gasteiger partial charge is 0.378 e. The van der Waals surface area contributed by atoms with Crippen molar-refractivity contribution in [1.82, 2.24) is 14.9 Å². The summed E-state index contributed by atoms with van der Waals surface area (Å²) in [6.45, 7) is 2.24. The molecule has 1 aliphatic rings. The zero-order chi connectivity index (χ0) is 16.1. The first-order chi connectivity index (χ1) is 11.3. The summed E-state index contributed by atoms with van der Waals surface area (Å²) in [5.41, 5.74) is 1.61. The second kappa shape index (κ2) is 6.85. The van der Waals surface area contributed by atoms with E-state index in [0.717, 1.165) is 5.69 Å². The molecule has 0 saturated carbocycles. The molecule has 0 unspecified atom stereocenters. The highest BCUT2D eigenvalue weighted by molar-refractivity contribution is 5.92. The van der Waals surface area contributed by atoms with Crippen LogP contribution in [0.5, 0.6) is 0 Å². The quantitative estimate of drug-likeness (QED) is 0.925. The minimum atomic E-state index is -0.140. The van der Waals surface area contributed by atoms with Crippen LogP contribution in [0.25, 0.3) is 0 Å². The van der Waals surface area contributed by atoms with Crippen LogP contribution in [-0.4, -0.2) is 47.1 Å². The highest BCUT2D eigenvalue weighted by Gasteiger charge is 2.19. The third kappa shape index (κ3) is 3.62. The number of benzene rings is 1. The Morgan fingerprint density at radius 1 is 1.26 bits per heavy atom. The van der Waals surface area contributed by atoms with E-state index in [0.29, 0.717) is 43.4 Å². The second-order valence-electron chi connectivity index (χ2n) is 5.01. The van der Waals surface area contributed by atoms with Gasteiger partial charge in [-0.3, -0.25) is 4.79 Å². The van der Waals surface area contributed by atoms with Gasteiger partial charge < -0.3 is 15.0 Å². The summed E-state index contributed by atoms with van der Waals surface area (Å²) in [5, 5.41) is 11.9. The number of ether oxygens (including phenoxy) is 1. The number of hydrogen-bond acceptors (Lipinski definition) is 6. The zero-order valence-electron chi connectivity index (χ0n) is 12.4. The number of anilines is 2. The molecular formula is C16H15N5O2. The van der Waals surface area contributed by atoms with Crippen molar-refractivity contribution in [3.05, 3.63) is 47.9 Å². The fraction of sp³-hybridized carbons (Fsp3) is 0.250. The smallest absolute Gasteiger partial charge is 0.274 e. The van der Waals surface area contributed by atoms with E-state index in [2.05, 4.69) is 21.4 Å². The van der Waals surface area contributed by atoms with E-state index in [4.69, 9.17) is 10.00 Å². The van der Waals surface area contributed by atoms with E-state index in [1.54, 1.807) is 23.1 Å². The number of carbonyl (C=O) groups is 1. The maximum Gasteiger partial charge on any atom is 0.274 e. The molecule has 2 heterocycles. The van der Waals surface area contributed by atoms with E-state index >= 15 is 0 Å². The second-order valence-corrected chi connectivity index (χ2v) is 5.01. The maximum absolute atomic E-state index is 12.3. The Morgan fingerprint density at radius 2 is 2.09 bits per heavy atom. The molecule has 0 radical (unpaired) electrons. The minimum absolute atomic E-state index is 0.140. The van der Waals surface area contributed by atoms with Crippen LogP contribution in [0.1, 0.15) is 16.1 Å². The van der Waals surface area contributed by atoms with Crippen LogP contribution in [0.15, 0.2) is 36.7 Å². The Hall–Kier alpha value is -2.98. The van der Waals surface area contributed by atoms with Gasteiger partial charge in [-0.05, 0) is 18.2 Å². The van der Waals surface area contributed by atoms with E-state index < -0.39 is 0 Å². The Kier molecular flexibility index (Phi) is 4.45. The number of rotatable bonds is 3. The van der Waals surface area contributed by atoms with Crippen molar-refractivity contribution in [3.63, 3.8) is 0 Å². The SMILES string of the molecule is N#Cc1cccc(Nc2cnc(C(=O)N3CCOCC3)cn2)c1. The highest BCUT2D eigenvalue weighted by atomic mass is 16.5. The molecule has 1 saturated heterocycles. The van der Waals surface area contributed by atoms with Gasteiger partial charge >= 0.3 is 0 Å². The van der Waals surface area contributed by atoms with Crippen molar-refractivity contribution in [1.29, 1.82) is 5.26 Å². The number of amides is 1. The van der Waals surface area contributed by atoms with Crippen molar-refractivity contribution in [2.75, 3.05) is 31.6 Å². The summed E-state index contributed by atoms with van der Waals surface area (Å²) in [4.78, 5) is 22.4. The van der Waals surface area contributed by atoms with Gasteiger partial charge in [0, 0.05) is 18.8 Å². The van der Waals surface area contributed by atoms with Crippen molar-refractivity contribution in [2.24, 2.45) is 0 Å². The molecule has 0 aliphatic carbocycles. The summed E-state index contributed by atoms with van der Waals surface area (Å²) < 4.78 is 5.23. The van der Waals surface area contributed by atoms with Crippen LogP contribution in [0.4, 0.5) is 11.5 Å². The molecule has 23 heavy (non-hydrogen) atoms. The lowest BCUT2D eigenvalue weighted by atomic mass is 10.2. The average molecular weight is 309 g/mol. The van der Waals surface area contributed by atoms with Gasteiger partial charge in [-0.25, -0.2) is 9.97 Å². The maximum atomic E-state index is 12.3. The van der Waals surface area contributed by atoms with Crippen molar-refractivity contribution < 1.29 is 9.53 Å². The number of morpholine rings is 1. The molecular weight excluding hydrogens is 294 g/mol. The van der Waals surface area contributed by atoms with Gasteiger partial charge in [0.15, 0.2) is 0 Å². The fourth-order valence-corrected chi connectivity index (χ4v) is 2.25. The van der Waals surface area contributed by atoms with Crippen LogP contribution in [0.2, 0.25) is 0 Å². The molecule has 1 aromatic carbocycles. The minimum Gasteiger partial charge on any atom is -0.378 e. The monoisotopic (exact) mass is 309 g/mol. The van der Waals surface area contributed by atoms with Crippen molar-refractivity contribution in [2.45, 2.75) is 0 Å². The van der Waals surface area contributed by atoms with Gasteiger partial charge in [0.05, 0.1) is 37.2 Å². The molecule has 0 spiro atoms. The highest BCUT2D eigenvalue weighted by Crippen LogP contribution is 2.15. The molecule has 116 valence electrons. The van der Waals surface area contributed by atoms with E-state index in [1.807, 2.05) is 6.07 Å². The zero-order valence-corrected chi connectivity index (χ0v) is 12.4. The molecule has 7 nitrogen and oxygen atoms in total. The van der Waals surface area contributed by atoms with Crippen LogP contribution >= 0.6 is 0 Å². The molecule has 3 rings (SSSR count). The molecule has 0 atom stereocenters. The first-order valence-corrected chi connectivity index (χ1v) is 7.22. The first kappa shape index (κ1) is 14.9. The number of hydrogen-bond donors (Lipinski definition) is 1. The summed E-state index contributed by atoms with van der Waals surface area (Å²) in [7, 11) is 0. The summed E-state index contributed by atoms with van der Waals surface area (Å²) in [6.07, 6.45) is 2.96. The molecule has 7 heteroatoms. The lowest BCUT2D eigenvalue weighted by Gasteiger charge is -2.26. The topological polar surface area (TPSA) is 91.1 Å². The van der Waals surface area contributed by atoms with E-state index in [9.17, 15) is 4.79 Å². The van der Waals surface area contributed by atoms with Crippen LogP contribution in [0, 0.1) is 11.3 Å². The van der Waals surface area contributed by atoms with Gasteiger partial charge in [0.25, 0.3) is 5.91 Å². The van der Waals surface area contributed by atoms with Crippen LogP contribution < -0.4 is 5.32 Å². The Morgan fingerprint density at radius 3 is 2.78 bits per heavy atom. The van der Waals surface area contributed by atoms with Gasteiger partial charge in [-0.15, -0.1) is 0 Å². The Bertz CT molecular complexity index is 733. The lowest BCUT2D eigenvalue weighted by Crippen LogP contribution is -2.41. The molecule has 0 bridgehead atoms. The van der Waals surface area contributed by atoms with Gasteiger partial charge in [-0.1, -0.05) is 6.07 Å². The fourth-order valence-electron chi connectivity index (χ4n) is 2.25. The normalized spacial score (nSPS) is 14.1. The molecule has 1 aliphatic heterocycles. The van der Waals surface area contributed by atoms with Gasteiger partial charge in [-0.2, -0.15) is 5.26 Å². The summed E-state index contributed by atoms with van der Waals surface area (Å²) in [6, 6.07) is 9.13. The molecule has 1 fully saturated rings. The summed E-state index contributed by atoms with van der Waals surface area (Å²) >= 11 is 0. The third-order valence-electron chi connectivity index (χ3n) is 3.43. The van der Waals surface area contributed by atoms with Crippen molar-refractivity contribution in [3.8, 4) is 6.07 Å². The molecule has 1 aromatic heterocycles. The average Bonchev–Trinajstić information content (AvgIpc) is 2.63. The Balaban J connectivity index is 1.69. The summed E-state index contributed by atoms with van der Waals surface area (Å²) in [5.74, 6) is 0.373. The molecule has 1 N–H and O–H groups in total. The predicted octanol–water partition coefficient (Wildman–Crippen LogP) is 1.56.